The monoisotopic (exact) mass is 568 g/mol. The van der Waals surface area contributed by atoms with Crippen molar-refractivity contribution >= 4 is 33.7 Å². The summed E-state index contributed by atoms with van der Waals surface area (Å²) in [4.78, 5) is 50.7. The van der Waals surface area contributed by atoms with E-state index in [1.165, 1.54) is 18.2 Å². The molecule has 9 N–H and O–H groups in total. The Morgan fingerprint density at radius 2 is 1.27 bits per heavy atom. The number of carboxylic acid groups (broad SMARTS) is 2. The normalized spacial score (nSPS) is 22.2. The lowest BCUT2D eigenvalue weighted by Gasteiger charge is -2.40. The number of nitrogens with one attached hydrogen (secondary N) is 2. The Hall–Kier alpha value is -4.56. The Kier molecular flexibility index (Phi) is 8.54. The minimum absolute atomic E-state index is 0.141. The first-order chi connectivity index (χ1) is 19.4. The van der Waals surface area contributed by atoms with Gasteiger partial charge in [-0.15, -0.1) is 0 Å². The number of benzene rings is 2. The number of fused-ring (bicyclic) bond motifs is 2. The zero-order chi connectivity index (χ0) is 30.0. The number of aromatic amines is 2. The first-order valence-electron chi connectivity index (χ1n) is 12.5. The fourth-order valence-corrected chi connectivity index (χ4v) is 5.09. The number of rotatable bonds is 5. The minimum Gasteiger partial charge on any atom is -0.506 e. The standard InChI is InChI=1S/C18H21NO7.C10H7NO4/c20-7-10-5-9(15(22)17(24)16(10)23)4-8-2-1-3-11-13(21)6-12(18(25)26)19-14(8)11;12-7-3-1-2-5-8(13)4-6(10(14)15)11-9(5)7/h1-3,6,9-10,15-17,20,22-24H,4-5,7H2,(H,19,21)(H,25,26);1-4,12H,(H,11,13)(H,14,15)/t9-,10?,15?,16-,17-;/m1./s1. The van der Waals surface area contributed by atoms with Crippen molar-refractivity contribution in [3.8, 4) is 5.75 Å². The van der Waals surface area contributed by atoms with E-state index in [0.29, 0.717) is 16.5 Å². The van der Waals surface area contributed by atoms with Gasteiger partial charge in [0.25, 0.3) is 0 Å². The predicted octanol–water partition coefficient (Wildman–Crippen LogP) is 0.412. The van der Waals surface area contributed by atoms with Gasteiger partial charge < -0.3 is 45.7 Å². The molecule has 0 amide bonds. The van der Waals surface area contributed by atoms with Crippen LogP contribution in [0.15, 0.2) is 58.1 Å². The first-order valence-corrected chi connectivity index (χ1v) is 12.5. The Bertz CT molecular complexity index is 1730. The van der Waals surface area contributed by atoms with Crippen LogP contribution in [0.4, 0.5) is 0 Å². The van der Waals surface area contributed by atoms with Crippen molar-refractivity contribution in [2.45, 2.75) is 31.2 Å². The summed E-state index contributed by atoms with van der Waals surface area (Å²) in [5.74, 6) is -3.67. The van der Waals surface area contributed by atoms with Gasteiger partial charge in [-0.05, 0) is 42.5 Å². The van der Waals surface area contributed by atoms with Crippen molar-refractivity contribution in [2.24, 2.45) is 11.8 Å². The van der Waals surface area contributed by atoms with Gasteiger partial charge in [-0.3, -0.25) is 9.59 Å². The maximum atomic E-state index is 12.2. The fraction of sp³-hybridized carbons (Fsp3) is 0.286. The zero-order valence-corrected chi connectivity index (χ0v) is 21.4. The third-order valence-corrected chi connectivity index (χ3v) is 7.24. The summed E-state index contributed by atoms with van der Waals surface area (Å²) >= 11 is 0. The number of aliphatic hydroxyl groups excluding tert-OH is 4. The molecule has 0 saturated heterocycles. The molecule has 41 heavy (non-hydrogen) atoms. The van der Waals surface area contributed by atoms with Crippen LogP contribution in [0.3, 0.4) is 0 Å². The second-order valence-electron chi connectivity index (χ2n) is 9.86. The molecule has 13 heteroatoms. The molecule has 5 rings (SSSR count). The van der Waals surface area contributed by atoms with Crippen LogP contribution in [0.5, 0.6) is 5.75 Å². The van der Waals surface area contributed by atoms with Crippen LogP contribution in [0, 0.1) is 11.8 Å². The Morgan fingerprint density at radius 3 is 1.83 bits per heavy atom. The number of phenols is 1. The number of para-hydroxylation sites is 2. The molecule has 1 fully saturated rings. The maximum absolute atomic E-state index is 12.2. The average Bonchev–Trinajstić information content (AvgIpc) is 2.94. The van der Waals surface area contributed by atoms with Gasteiger partial charge in [0.2, 0.25) is 0 Å². The van der Waals surface area contributed by atoms with Crippen molar-refractivity contribution in [3.63, 3.8) is 0 Å². The Balaban J connectivity index is 0.000000218. The zero-order valence-electron chi connectivity index (χ0n) is 21.4. The number of hydrogen-bond acceptors (Lipinski definition) is 9. The van der Waals surface area contributed by atoms with Crippen LogP contribution < -0.4 is 10.9 Å². The summed E-state index contributed by atoms with van der Waals surface area (Å²) in [6.45, 7) is -0.322. The van der Waals surface area contributed by atoms with Gasteiger partial charge in [-0.1, -0.05) is 18.2 Å². The molecular formula is C28H28N2O11. The van der Waals surface area contributed by atoms with Crippen LogP contribution in [-0.4, -0.2) is 82.6 Å². The molecule has 1 aliphatic rings. The van der Waals surface area contributed by atoms with Crippen molar-refractivity contribution < 1.29 is 45.3 Å². The van der Waals surface area contributed by atoms with Gasteiger partial charge in [0.15, 0.2) is 10.9 Å². The van der Waals surface area contributed by atoms with Gasteiger partial charge in [-0.2, -0.15) is 0 Å². The smallest absolute Gasteiger partial charge is 0.352 e. The molecule has 0 spiro atoms. The van der Waals surface area contributed by atoms with E-state index >= 15 is 0 Å². The number of pyridine rings is 2. The largest absolute Gasteiger partial charge is 0.506 e. The molecular weight excluding hydrogens is 540 g/mol. The molecule has 2 aromatic heterocycles. The van der Waals surface area contributed by atoms with Gasteiger partial charge in [-0.25, -0.2) is 9.59 Å². The highest BCUT2D eigenvalue weighted by Crippen LogP contribution is 2.33. The van der Waals surface area contributed by atoms with E-state index in [2.05, 4.69) is 9.97 Å². The lowest BCUT2D eigenvalue weighted by molar-refractivity contribution is -0.141. The van der Waals surface area contributed by atoms with Crippen molar-refractivity contribution in [2.75, 3.05) is 6.61 Å². The van der Waals surface area contributed by atoms with Crippen molar-refractivity contribution in [1.29, 1.82) is 0 Å². The first kappa shape index (κ1) is 29.4. The van der Waals surface area contributed by atoms with Gasteiger partial charge in [0.05, 0.1) is 23.2 Å². The molecule has 4 aromatic rings. The third-order valence-electron chi connectivity index (χ3n) is 7.24. The van der Waals surface area contributed by atoms with Gasteiger partial charge in [0, 0.05) is 35.4 Å². The maximum Gasteiger partial charge on any atom is 0.352 e. The van der Waals surface area contributed by atoms with E-state index in [4.69, 9.17) is 10.2 Å². The minimum atomic E-state index is -1.38. The predicted molar refractivity (Wildman–Crippen MR) is 145 cm³/mol. The number of aromatic carboxylic acids is 2. The molecule has 0 radical (unpaired) electrons. The van der Waals surface area contributed by atoms with Crippen LogP contribution in [0.1, 0.15) is 33.0 Å². The number of hydrogen-bond donors (Lipinski definition) is 9. The van der Waals surface area contributed by atoms with E-state index in [1.807, 2.05) is 0 Å². The number of aromatic hydroxyl groups is 1. The molecule has 13 nitrogen and oxygen atoms in total. The van der Waals surface area contributed by atoms with Crippen LogP contribution in [-0.2, 0) is 6.42 Å². The second kappa shape index (κ2) is 11.9. The molecule has 0 aliphatic heterocycles. The highest BCUT2D eigenvalue weighted by Gasteiger charge is 2.42. The lowest BCUT2D eigenvalue weighted by Crippen LogP contribution is -2.52. The van der Waals surface area contributed by atoms with Gasteiger partial charge in [0.1, 0.15) is 23.2 Å². The van der Waals surface area contributed by atoms with E-state index in [0.717, 1.165) is 12.1 Å². The summed E-state index contributed by atoms with van der Waals surface area (Å²) in [6, 6.07) is 11.4. The summed E-state index contributed by atoms with van der Waals surface area (Å²) in [5, 5.41) is 67.5. The Morgan fingerprint density at radius 1 is 0.756 bits per heavy atom. The summed E-state index contributed by atoms with van der Waals surface area (Å²) < 4.78 is 0. The average molecular weight is 569 g/mol. The van der Waals surface area contributed by atoms with E-state index < -0.39 is 52.9 Å². The highest BCUT2D eigenvalue weighted by atomic mass is 16.4. The topological polar surface area (TPSA) is 241 Å². The lowest BCUT2D eigenvalue weighted by atomic mass is 9.73. The van der Waals surface area contributed by atoms with E-state index in [9.17, 15) is 44.7 Å². The number of phenolic OH excluding ortho intramolecular Hbond substituents is 1. The summed E-state index contributed by atoms with van der Waals surface area (Å²) in [6.07, 6.45) is -3.25. The Labute approximate surface area is 230 Å². The van der Waals surface area contributed by atoms with Crippen LogP contribution >= 0.6 is 0 Å². The SMILES string of the molecule is O=C(O)c1cc(=O)c2cccc(C[C@@H]3CC(CO)[C@@H](O)[C@H](O)C3O)c2[nH]1.O=C(O)c1cc(=O)c2cccc(O)c2[nH]1. The molecule has 0 bridgehead atoms. The van der Waals surface area contributed by atoms with E-state index in [1.54, 1.807) is 18.2 Å². The fourth-order valence-electron chi connectivity index (χ4n) is 5.09. The third kappa shape index (κ3) is 5.98. The molecule has 1 aliphatic carbocycles. The highest BCUT2D eigenvalue weighted by molar-refractivity contribution is 5.92. The van der Waals surface area contributed by atoms with Crippen LogP contribution in [0.25, 0.3) is 21.8 Å². The quantitative estimate of drug-likeness (QED) is 0.160. The summed E-state index contributed by atoms with van der Waals surface area (Å²) in [7, 11) is 0. The number of carboxylic acids is 2. The molecule has 2 heterocycles. The van der Waals surface area contributed by atoms with Crippen molar-refractivity contribution in [1.82, 2.24) is 9.97 Å². The molecule has 2 aromatic carbocycles. The second-order valence-corrected chi connectivity index (χ2v) is 9.86. The van der Waals surface area contributed by atoms with Gasteiger partial charge >= 0.3 is 11.9 Å². The van der Waals surface area contributed by atoms with Crippen molar-refractivity contribution in [3.05, 3.63) is 85.9 Å². The number of H-pyrrole nitrogens is 2. The number of aliphatic hydroxyl groups is 4. The van der Waals surface area contributed by atoms with Crippen LogP contribution in [0.2, 0.25) is 0 Å². The molecule has 5 atom stereocenters. The molecule has 216 valence electrons. The molecule has 2 unspecified atom stereocenters. The van der Waals surface area contributed by atoms with E-state index in [-0.39, 0.29) is 47.5 Å². The number of carbonyl (C=O) groups is 2. The number of aromatic nitrogens is 2. The molecule has 1 saturated carbocycles. The summed E-state index contributed by atoms with van der Waals surface area (Å²) in [5.41, 5.74) is -0.208.